The van der Waals surface area contributed by atoms with Gasteiger partial charge in [-0.2, -0.15) is 18.3 Å². The van der Waals surface area contributed by atoms with Gasteiger partial charge in [-0.05, 0) is 42.3 Å². The maximum absolute atomic E-state index is 12.7. The molecular weight excluding hydrogens is 409 g/mol. The third kappa shape index (κ3) is 5.78. The van der Waals surface area contributed by atoms with E-state index in [4.69, 9.17) is 4.74 Å². The van der Waals surface area contributed by atoms with Crippen molar-refractivity contribution in [3.05, 3.63) is 46.1 Å². The van der Waals surface area contributed by atoms with Gasteiger partial charge in [-0.1, -0.05) is 12.1 Å². The fourth-order valence-corrected chi connectivity index (χ4v) is 3.61. The van der Waals surface area contributed by atoms with E-state index in [1.807, 2.05) is 24.3 Å². The minimum atomic E-state index is -4.43. The molecule has 1 atom stereocenters. The molecule has 0 spiro atoms. The summed E-state index contributed by atoms with van der Waals surface area (Å²) < 4.78 is 44.8. The Morgan fingerprint density at radius 2 is 2.17 bits per heavy atom. The predicted octanol–water partition coefficient (Wildman–Crippen LogP) is 2.18. The summed E-state index contributed by atoms with van der Waals surface area (Å²) in [6.07, 6.45) is 1.43. The Balaban J connectivity index is 1.61. The van der Waals surface area contributed by atoms with Gasteiger partial charge in [-0.25, -0.2) is 9.48 Å². The van der Waals surface area contributed by atoms with Crippen molar-refractivity contribution >= 4 is 17.7 Å². The summed E-state index contributed by atoms with van der Waals surface area (Å²) in [5.41, 5.74) is -3.80. The summed E-state index contributed by atoms with van der Waals surface area (Å²) in [6.45, 7) is 0.661. The molecule has 0 aliphatic carbocycles. The minimum absolute atomic E-state index is 0.248. The lowest BCUT2D eigenvalue weighted by atomic mass is 10.1. The molecule has 1 aromatic heterocycles. The van der Waals surface area contributed by atoms with E-state index in [0.717, 1.165) is 5.56 Å². The number of amides is 1. The van der Waals surface area contributed by atoms with Crippen LogP contribution in [0, 0.1) is 0 Å². The lowest BCUT2D eigenvalue weighted by Gasteiger charge is -2.16. The zero-order valence-electron chi connectivity index (χ0n) is 15.7. The van der Waals surface area contributed by atoms with Crippen LogP contribution in [0.2, 0.25) is 0 Å². The first-order valence-electron chi connectivity index (χ1n) is 9.04. The molecule has 0 radical (unpaired) electrons. The molecule has 158 valence electrons. The molecule has 1 aromatic carbocycles. The van der Waals surface area contributed by atoms with E-state index in [1.54, 1.807) is 11.7 Å². The van der Waals surface area contributed by atoms with E-state index >= 15 is 0 Å². The van der Waals surface area contributed by atoms with E-state index in [0.29, 0.717) is 43.9 Å². The summed E-state index contributed by atoms with van der Waals surface area (Å²) >= 11 is -0.360. The van der Waals surface area contributed by atoms with Crippen LogP contribution >= 0.6 is 11.8 Å². The number of methoxy groups -OCH3 is 1. The van der Waals surface area contributed by atoms with Gasteiger partial charge in [0.05, 0.1) is 19.4 Å². The largest absolute Gasteiger partial charge is 0.497 e. The number of benzene rings is 1. The fourth-order valence-electron chi connectivity index (χ4n) is 3.24. The number of carbonyl (C=O) groups is 1. The average Bonchev–Trinajstić information content (AvgIpc) is 2.83. The van der Waals surface area contributed by atoms with Gasteiger partial charge in [-0.3, -0.25) is 9.36 Å². The maximum Gasteiger partial charge on any atom is 0.442 e. The number of rotatable bonds is 6. The number of hydrogen-bond donors (Lipinski definition) is 1. The molecular formula is C18H21F3N4O3S. The van der Waals surface area contributed by atoms with Gasteiger partial charge in [0.25, 0.3) is 0 Å². The van der Waals surface area contributed by atoms with Gasteiger partial charge in [0.1, 0.15) is 11.6 Å². The first kappa shape index (κ1) is 21.3. The first-order chi connectivity index (χ1) is 13.7. The summed E-state index contributed by atoms with van der Waals surface area (Å²) in [4.78, 5) is 24.4. The van der Waals surface area contributed by atoms with E-state index in [2.05, 4.69) is 10.4 Å². The number of nitrogens with zero attached hydrogens (tertiary/aromatic N) is 3. The smallest absolute Gasteiger partial charge is 0.442 e. The Morgan fingerprint density at radius 1 is 1.38 bits per heavy atom. The zero-order chi connectivity index (χ0) is 21.0. The highest BCUT2D eigenvalue weighted by atomic mass is 32.2. The van der Waals surface area contributed by atoms with E-state index in [9.17, 15) is 22.8 Å². The maximum atomic E-state index is 12.7. The van der Waals surface area contributed by atoms with Gasteiger partial charge in [0.2, 0.25) is 5.91 Å². The van der Waals surface area contributed by atoms with Crippen molar-refractivity contribution in [2.24, 2.45) is 0 Å². The third-order valence-corrected chi connectivity index (χ3v) is 5.35. The number of halogens is 3. The number of aromatic nitrogens is 3. The van der Waals surface area contributed by atoms with Crippen LogP contribution in [-0.2, 0) is 24.3 Å². The van der Waals surface area contributed by atoms with E-state index in [1.165, 1.54) is 4.68 Å². The predicted molar refractivity (Wildman–Crippen MR) is 102 cm³/mol. The van der Waals surface area contributed by atoms with Gasteiger partial charge >= 0.3 is 11.2 Å². The van der Waals surface area contributed by atoms with Crippen LogP contribution in [0.3, 0.4) is 0 Å². The van der Waals surface area contributed by atoms with Gasteiger partial charge in [0, 0.05) is 19.0 Å². The van der Waals surface area contributed by atoms with Crippen molar-refractivity contribution in [1.82, 2.24) is 19.7 Å². The second-order valence-electron chi connectivity index (χ2n) is 6.69. The lowest BCUT2D eigenvalue weighted by Crippen LogP contribution is -2.37. The highest BCUT2D eigenvalue weighted by Crippen LogP contribution is 2.29. The number of nitrogens with one attached hydrogen (secondary N) is 1. The van der Waals surface area contributed by atoms with E-state index < -0.39 is 17.2 Å². The number of ether oxygens (including phenoxy) is 1. The molecule has 11 heteroatoms. The van der Waals surface area contributed by atoms with Crippen LogP contribution in [0.15, 0.2) is 29.1 Å². The van der Waals surface area contributed by atoms with Crippen molar-refractivity contribution in [3.63, 3.8) is 0 Å². The Labute approximate surface area is 169 Å². The molecule has 1 amide bonds. The van der Waals surface area contributed by atoms with Crippen LogP contribution in [0.5, 0.6) is 5.75 Å². The number of hydrogen-bond acceptors (Lipinski definition) is 5. The number of fused-ring (bicyclic) bond motifs is 1. The summed E-state index contributed by atoms with van der Waals surface area (Å²) in [6, 6.07) is 7.08. The van der Waals surface area contributed by atoms with Crippen LogP contribution in [-0.4, -0.2) is 44.7 Å². The normalized spacial score (nSPS) is 16.8. The summed E-state index contributed by atoms with van der Waals surface area (Å²) in [5.74, 6) is -0.0250. The number of aryl methyl sites for hydroxylation is 1. The van der Waals surface area contributed by atoms with Gasteiger partial charge < -0.3 is 10.1 Å². The Morgan fingerprint density at radius 3 is 2.90 bits per heavy atom. The van der Waals surface area contributed by atoms with Crippen molar-refractivity contribution in [2.75, 3.05) is 12.9 Å². The molecule has 0 saturated heterocycles. The minimum Gasteiger partial charge on any atom is -0.497 e. The number of alkyl halides is 3. The first-order valence-corrected chi connectivity index (χ1v) is 10.0. The molecule has 0 saturated carbocycles. The fraction of sp³-hybridized carbons (Fsp3) is 0.500. The van der Waals surface area contributed by atoms with Crippen LogP contribution in [0.25, 0.3) is 0 Å². The quantitative estimate of drug-likeness (QED) is 0.760. The highest BCUT2D eigenvalue weighted by molar-refractivity contribution is 8.00. The number of carbonyl (C=O) groups excluding carboxylic acids is 1. The van der Waals surface area contributed by atoms with Crippen molar-refractivity contribution < 1.29 is 22.7 Å². The third-order valence-electron chi connectivity index (χ3n) is 4.62. The molecule has 2 heterocycles. The van der Waals surface area contributed by atoms with Gasteiger partial charge in [-0.15, -0.1) is 0 Å². The second kappa shape index (κ2) is 8.93. The van der Waals surface area contributed by atoms with Crippen LogP contribution in [0.1, 0.15) is 24.2 Å². The average molecular weight is 430 g/mol. The Hall–Kier alpha value is -2.43. The number of thioether (sulfide) groups is 1. The van der Waals surface area contributed by atoms with Crippen molar-refractivity contribution in [2.45, 2.75) is 43.9 Å². The molecule has 0 fully saturated rings. The monoisotopic (exact) mass is 430 g/mol. The lowest BCUT2D eigenvalue weighted by molar-refractivity contribution is -0.119. The molecule has 1 aliphatic rings. The van der Waals surface area contributed by atoms with Crippen molar-refractivity contribution in [1.29, 1.82) is 0 Å². The molecule has 3 rings (SSSR count). The molecule has 7 nitrogen and oxygen atoms in total. The Kier molecular flexibility index (Phi) is 6.56. The SMILES string of the molecule is COc1cccc(Cn2nc3n(c2=O)CCC(NC(=O)CSC(F)(F)F)CC3)c1. The molecule has 1 N–H and O–H groups in total. The second-order valence-corrected chi connectivity index (χ2v) is 7.73. The molecule has 1 aliphatic heterocycles. The van der Waals surface area contributed by atoms with Crippen molar-refractivity contribution in [3.8, 4) is 5.75 Å². The molecule has 0 bridgehead atoms. The van der Waals surface area contributed by atoms with E-state index in [-0.39, 0.29) is 23.5 Å². The highest BCUT2D eigenvalue weighted by Gasteiger charge is 2.30. The molecule has 2 aromatic rings. The molecule has 1 unspecified atom stereocenters. The zero-order valence-corrected chi connectivity index (χ0v) is 16.6. The molecule has 29 heavy (non-hydrogen) atoms. The Bertz CT molecular complexity index is 926. The standard InChI is InChI=1S/C18H21F3N4O3S/c1-28-14-4-2-3-12(9-14)10-25-17(27)24-8-7-13(5-6-15(24)23-25)22-16(26)11-29-18(19,20)21/h2-4,9,13H,5-8,10-11H2,1H3,(H,22,26). The summed E-state index contributed by atoms with van der Waals surface area (Å²) in [7, 11) is 1.57. The van der Waals surface area contributed by atoms with Gasteiger partial charge in [0.15, 0.2) is 0 Å². The van der Waals surface area contributed by atoms with Crippen LogP contribution in [0.4, 0.5) is 13.2 Å². The summed E-state index contributed by atoms with van der Waals surface area (Å²) in [5, 5.41) is 7.02. The topological polar surface area (TPSA) is 78.2 Å². The van der Waals surface area contributed by atoms with Crippen LogP contribution < -0.4 is 15.7 Å².